The number of carbonyl (C=O) groups excluding carboxylic acids is 2. The Morgan fingerprint density at radius 2 is 1.62 bits per heavy atom. The van der Waals surface area contributed by atoms with Crippen LogP contribution in [0.25, 0.3) is 0 Å². The molecule has 0 bridgehead atoms. The Morgan fingerprint density at radius 3 is 2.12 bits per heavy atom. The van der Waals surface area contributed by atoms with Crippen LogP contribution in [0.15, 0.2) is 24.3 Å². The number of hydrogen-bond acceptors (Lipinski definition) is 4. The summed E-state index contributed by atoms with van der Waals surface area (Å²) in [6.07, 6.45) is -3.09. The van der Waals surface area contributed by atoms with Crippen molar-refractivity contribution in [2.24, 2.45) is 0 Å². The van der Waals surface area contributed by atoms with Crippen molar-refractivity contribution in [2.75, 3.05) is 25.5 Å². The molecule has 146 valence electrons. The summed E-state index contributed by atoms with van der Waals surface area (Å²) in [5.41, 5.74) is 0.333. The average molecular weight is 375 g/mol. The molecule has 0 unspecified atom stereocenters. The van der Waals surface area contributed by atoms with Gasteiger partial charge < -0.3 is 15.4 Å². The van der Waals surface area contributed by atoms with Crippen molar-refractivity contribution >= 4 is 17.5 Å². The molecule has 1 rings (SSSR count). The lowest BCUT2D eigenvalue weighted by Crippen LogP contribution is -2.42. The molecule has 2 amide bonds. The van der Waals surface area contributed by atoms with Crippen molar-refractivity contribution in [1.29, 1.82) is 0 Å². The largest absolute Gasteiger partial charge is 0.573 e. The van der Waals surface area contributed by atoms with E-state index in [0.29, 0.717) is 5.69 Å². The van der Waals surface area contributed by atoms with Gasteiger partial charge in [0.25, 0.3) is 0 Å². The van der Waals surface area contributed by atoms with Crippen LogP contribution in [0.1, 0.15) is 26.7 Å². The molecule has 0 radical (unpaired) electrons. The van der Waals surface area contributed by atoms with E-state index in [1.165, 1.54) is 12.1 Å². The second-order valence-electron chi connectivity index (χ2n) is 5.87. The molecule has 0 spiro atoms. The van der Waals surface area contributed by atoms with Gasteiger partial charge in [0.05, 0.1) is 13.1 Å². The third-order valence-electron chi connectivity index (χ3n) is 3.55. The quantitative estimate of drug-likeness (QED) is 0.696. The molecule has 1 aromatic rings. The number of nitrogens with zero attached hydrogens (tertiary/aromatic N) is 1. The van der Waals surface area contributed by atoms with E-state index in [2.05, 4.69) is 15.4 Å². The van der Waals surface area contributed by atoms with Gasteiger partial charge in [-0.25, -0.2) is 0 Å². The molecule has 1 aromatic carbocycles. The van der Waals surface area contributed by atoms with Crippen LogP contribution in [0.2, 0.25) is 0 Å². The third-order valence-corrected chi connectivity index (χ3v) is 3.55. The van der Waals surface area contributed by atoms with E-state index in [1.54, 1.807) is 11.9 Å². The SMILES string of the molecule is CCC(CC)NC(=O)CN(C)CC(=O)Nc1ccc(OC(F)(F)F)cc1. The van der Waals surface area contributed by atoms with E-state index in [0.717, 1.165) is 25.0 Å². The number of halogens is 3. The van der Waals surface area contributed by atoms with E-state index in [-0.39, 0.29) is 36.7 Å². The summed E-state index contributed by atoms with van der Waals surface area (Å²) in [6.45, 7) is 4.01. The van der Waals surface area contributed by atoms with Crippen molar-refractivity contribution < 1.29 is 27.5 Å². The highest BCUT2D eigenvalue weighted by atomic mass is 19.4. The van der Waals surface area contributed by atoms with E-state index >= 15 is 0 Å². The van der Waals surface area contributed by atoms with Crippen LogP contribution in [0, 0.1) is 0 Å². The Balaban J connectivity index is 2.44. The molecular formula is C17H24F3N3O3. The van der Waals surface area contributed by atoms with Gasteiger partial charge in [0.15, 0.2) is 0 Å². The van der Waals surface area contributed by atoms with Gasteiger partial charge in [-0.05, 0) is 44.2 Å². The van der Waals surface area contributed by atoms with Crippen molar-refractivity contribution in [2.45, 2.75) is 39.1 Å². The van der Waals surface area contributed by atoms with Crippen LogP contribution in [0.5, 0.6) is 5.75 Å². The molecule has 2 N–H and O–H groups in total. The smallest absolute Gasteiger partial charge is 0.406 e. The first-order valence-corrected chi connectivity index (χ1v) is 8.26. The summed E-state index contributed by atoms with van der Waals surface area (Å²) in [4.78, 5) is 25.4. The average Bonchev–Trinajstić information content (AvgIpc) is 2.52. The van der Waals surface area contributed by atoms with Crippen LogP contribution in [0.4, 0.5) is 18.9 Å². The number of hydrogen-bond donors (Lipinski definition) is 2. The number of benzene rings is 1. The van der Waals surface area contributed by atoms with Crippen molar-refractivity contribution in [3.05, 3.63) is 24.3 Å². The molecular weight excluding hydrogens is 351 g/mol. The summed E-state index contributed by atoms with van der Waals surface area (Å²) < 4.78 is 40.0. The fourth-order valence-corrected chi connectivity index (χ4v) is 2.25. The summed E-state index contributed by atoms with van der Waals surface area (Å²) in [7, 11) is 1.63. The minimum absolute atomic E-state index is 0.0306. The van der Waals surface area contributed by atoms with Gasteiger partial charge >= 0.3 is 6.36 Å². The molecule has 6 nitrogen and oxygen atoms in total. The van der Waals surface area contributed by atoms with Crippen LogP contribution >= 0.6 is 0 Å². The fourth-order valence-electron chi connectivity index (χ4n) is 2.25. The number of anilines is 1. The predicted molar refractivity (Wildman–Crippen MR) is 91.8 cm³/mol. The number of alkyl halides is 3. The van der Waals surface area contributed by atoms with Crippen LogP contribution in [-0.2, 0) is 9.59 Å². The third kappa shape index (κ3) is 8.70. The minimum atomic E-state index is -4.76. The van der Waals surface area contributed by atoms with Crippen molar-refractivity contribution in [3.8, 4) is 5.75 Å². The lowest BCUT2D eigenvalue weighted by atomic mass is 10.2. The van der Waals surface area contributed by atoms with Crippen molar-refractivity contribution in [3.63, 3.8) is 0 Å². The Labute approximate surface area is 150 Å². The maximum Gasteiger partial charge on any atom is 0.573 e. The van der Waals surface area contributed by atoms with E-state index in [9.17, 15) is 22.8 Å². The highest BCUT2D eigenvalue weighted by Crippen LogP contribution is 2.23. The van der Waals surface area contributed by atoms with E-state index < -0.39 is 6.36 Å². The number of likely N-dealkylation sites (N-methyl/N-ethyl adjacent to an activating group) is 1. The van der Waals surface area contributed by atoms with Crippen molar-refractivity contribution in [1.82, 2.24) is 10.2 Å². The summed E-state index contributed by atoms with van der Waals surface area (Å²) in [5.74, 6) is -0.916. The molecule has 0 saturated heterocycles. The molecule has 0 fully saturated rings. The van der Waals surface area contributed by atoms with Gasteiger partial charge in [0.1, 0.15) is 5.75 Å². The van der Waals surface area contributed by atoms with E-state index in [4.69, 9.17) is 0 Å². The molecule has 0 aliphatic carbocycles. The van der Waals surface area contributed by atoms with E-state index in [1.807, 2.05) is 13.8 Å². The normalized spacial score (nSPS) is 11.5. The Morgan fingerprint density at radius 1 is 1.08 bits per heavy atom. The maximum atomic E-state index is 12.1. The van der Waals surface area contributed by atoms with Gasteiger partial charge in [0.2, 0.25) is 11.8 Å². The summed E-state index contributed by atoms with van der Waals surface area (Å²) >= 11 is 0. The standard InChI is InChI=1S/C17H24F3N3O3/c1-4-12(5-2)21-15(24)10-23(3)11-16(25)22-13-6-8-14(9-7-13)26-17(18,19)20/h6-9,12H,4-5,10-11H2,1-3H3,(H,21,24)(H,22,25). The van der Waals surface area contributed by atoms with Gasteiger partial charge in [-0.1, -0.05) is 13.8 Å². The second-order valence-corrected chi connectivity index (χ2v) is 5.87. The van der Waals surface area contributed by atoms with Gasteiger partial charge in [-0.3, -0.25) is 14.5 Å². The molecule has 26 heavy (non-hydrogen) atoms. The molecule has 0 aliphatic heterocycles. The zero-order valence-corrected chi connectivity index (χ0v) is 15.0. The van der Waals surface area contributed by atoms with Gasteiger partial charge in [-0.2, -0.15) is 0 Å². The second kappa shape index (κ2) is 10.0. The predicted octanol–water partition coefficient (Wildman–Crippen LogP) is 2.76. The monoisotopic (exact) mass is 375 g/mol. The van der Waals surface area contributed by atoms with Crippen LogP contribution in [-0.4, -0.2) is 49.3 Å². The summed E-state index contributed by atoms with van der Waals surface area (Å²) in [5, 5.41) is 5.43. The lowest BCUT2D eigenvalue weighted by molar-refractivity contribution is -0.274. The zero-order valence-electron chi connectivity index (χ0n) is 15.0. The number of carbonyl (C=O) groups is 2. The number of rotatable bonds is 9. The van der Waals surface area contributed by atoms with Gasteiger partial charge in [0, 0.05) is 11.7 Å². The Kier molecular flexibility index (Phi) is 8.37. The molecule has 0 heterocycles. The first-order valence-electron chi connectivity index (χ1n) is 8.26. The number of amides is 2. The fraction of sp³-hybridized carbons (Fsp3) is 0.529. The maximum absolute atomic E-state index is 12.1. The first kappa shape index (κ1) is 21.8. The molecule has 0 atom stereocenters. The highest BCUT2D eigenvalue weighted by Gasteiger charge is 2.30. The topological polar surface area (TPSA) is 70.7 Å². The zero-order chi connectivity index (χ0) is 19.7. The van der Waals surface area contributed by atoms with Crippen LogP contribution < -0.4 is 15.4 Å². The summed E-state index contributed by atoms with van der Waals surface area (Å²) in [6, 6.07) is 4.94. The van der Waals surface area contributed by atoms with Crippen LogP contribution in [0.3, 0.4) is 0 Å². The Hall–Kier alpha value is -2.29. The molecule has 0 aromatic heterocycles. The number of ether oxygens (including phenoxy) is 1. The number of nitrogens with one attached hydrogen (secondary N) is 2. The molecule has 0 saturated carbocycles. The molecule has 9 heteroatoms. The minimum Gasteiger partial charge on any atom is -0.406 e. The lowest BCUT2D eigenvalue weighted by Gasteiger charge is -2.19. The Bertz CT molecular complexity index is 587. The molecule has 0 aliphatic rings. The highest BCUT2D eigenvalue weighted by molar-refractivity contribution is 5.92. The first-order chi connectivity index (χ1) is 12.1. The van der Waals surface area contributed by atoms with Gasteiger partial charge in [-0.15, -0.1) is 13.2 Å².